The average molecular weight is 409 g/mol. The van der Waals surface area contributed by atoms with E-state index in [4.69, 9.17) is 0 Å². The molecule has 4 nitrogen and oxygen atoms in total. The number of halogens is 1. The summed E-state index contributed by atoms with van der Waals surface area (Å²) in [5.41, 5.74) is 3.17. The normalized spacial score (nSPS) is 10.2. The van der Waals surface area contributed by atoms with E-state index in [1.165, 1.54) is 0 Å². The van der Waals surface area contributed by atoms with Crippen LogP contribution in [0.15, 0.2) is 77.3 Å². The van der Waals surface area contributed by atoms with E-state index in [2.05, 4.69) is 26.6 Å². The Balaban J connectivity index is 1.81. The van der Waals surface area contributed by atoms with Crippen molar-refractivity contribution in [2.24, 2.45) is 0 Å². The predicted molar refractivity (Wildman–Crippen MR) is 108 cm³/mol. The Morgan fingerprint density at radius 3 is 2.00 bits per heavy atom. The highest BCUT2D eigenvalue weighted by atomic mass is 79.9. The molecule has 0 atom stereocenters. The molecule has 0 bridgehead atoms. The van der Waals surface area contributed by atoms with Crippen molar-refractivity contribution in [1.82, 2.24) is 0 Å². The van der Waals surface area contributed by atoms with Gasteiger partial charge in [-0.3, -0.25) is 9.59 Å². The van der Waals surface area contributed by atoms with E-state index in [1.807, 2.05) is 37.3 Å². The molecule has 130 valence electrons. The van der Waals surface area contributed by atoms with Crippen LogP contribution in [0, 0.1) is 6.92 Å². The zero-order valence-corrected chi connectivity index (χ0v) is 15.7. The van der Waals surface area contributed by atoms with Crippen molar-refractivity contribution in [3.8, 4) is 0 Å². The standard InChI is InChI=1S/C21H17BrN2O2/c1-14-10-12-15(13-11-14)23-21(26)17-7-3-5-9-19(17)24-20(25)16-6-2-4-8-18(16)22/h2-13H,1H3,(H,23,26)(H,24,25). The number of amides is 2. The number of nitrogens with one attached hydrogen (secondary N) is 2. The van der Waals surface area contributed by atoms with Gasteiger partial charge in [0.2, 0.25) is 0 Å². The molecule has 3 rings (SSSR count). The second-order valence-corrected chi connectivity index (χ2v) is 6.65. The van der Waals surface area contributed by atoms with Crippen molar-refractivity contribution in [2.45, 2.75) is 6.92 Å². The topological polar surface area (TPSA) is 58.2 Å². The fourth-order valence-corrected chi connectivity index (χ4v) is 2.93. The molecule has 0 aliphatic rings. The summed E-state index contributed by atoms with van der Waals surface area (Å²) in [6.45, 7) is 1.98. The summed E-state index contributed by atoms with van der Waals surface area (Å²) in [5.74, 6) is -0.565. The van der Waals surface area contributed by atoms with Crippen LogP contribution in [0.25, 0.3) is 0 Å². The van der Waals surface area contributed by atoms with Gasteiger partial charge in [0, 0.05) is 10.2 Å². The monoisotopic (exact) mass is 408 g/mol. The first-order chi connectivity index (χ1) is 12.5. The summed E-state index contributed by atoms with van der Waals surface area (Å²) in [6, 6.07) is 21.6. The van der Waals surface area contributed by atoms with Crippen molar-refractivity contribution in [1.29, 1.82) is 0 Å². The van der Waals surface area contributed by atoms with Gasteiger partial charge in [-0.25, -0.2) is 0 Å². The lowest BCUT2D eigenvalue weighted by atomic mass is 10.1. The van der Waals surface area contributed by atoms with E-state index >= 15 is 0 Å². The van der Waals surface area contributed by atoms with Crippen molar-refractivity contribution >= 4 is 39.1 Å². The number of hydrogen-bond donors (Lipinski definition) is 2. The minimum atomic E-state index is -0.284. The molecule has 5 heteroatoms. The zero-order chi connectivity index (χ0) is 18.5. The van der Waals surface area contributed by atoms with Gasteiger partial charge in [0.05, 0.1) is 16.8 Å². The summed E-state index contributed by atoms with van der Waals surface area (Å²) in [6.07, 6.45) is 0. The smallest absolute Gasteiger partial charge is 0.257 e. The van der Waals surface area contributed by atoms with Crippen molar-refractivity contribution in [3.05, 3.63) is 94.0 Å². The van der Waals surface area contributed by atoms with Crippen LogP contribution in [-0.4, -0.2) is 11.8 Å². The van der Waals surface area contributed by atoms with Crippen LogP contribution in [0.2, 0.25) is 0 Å². The molecule has 0 heterocycles. The molecule has 0 saturated carbocycles. The maximum absolute atomic E-state index is 12.6. The Hall–Kier alpha value is -2.92. The van der Waals surface area contributed by atoms with E-state index in [-0.39, 0.29) is 11.8 Å². The molecule has 2 N–H and O–H groups in total. The Kier molecular flexibility index (Phi) is 5.49. The summed E-state index contributed by atoms with van der Waals surface area (Å²) < 4.78 is 0.694. The first kappa shape index (κ1) is 17.9. The van der Waals surface area contributed by atoms with Gasteiger partial charge in [0.15, 0.2) is 0 Å². The van der Waals surface area contributed by atoms with Gasteiger partial charge in [-0.2, -0.15) is 0 Å². The molecule has 0 spiro atoms. The number of para-hydroxylation sites is 1. The van der Waals surface area contributed by atoms with Crippen LogP contribution >= 0.6 is 15.9 Å². The maximum Gasteiger partial charge on any atom is 0.257 e. The Morgan fingerprint density at radius 1 is 0.731 bits per heavy atom. The van der Waals surface area contributed by atoms with Gasteiger partial charge in [-0.15, -0.1) is 0 Å². The third kappa shape index (κ3) is 4.18. The Morgan fingerprint density at radius 2 is 1.31 bits per heavy atom. The van der Waals surface area contributed by atoms with E-state index in [9.17, 15) is 9.59 Å². The summed E-state index contributed by atoms with van der Waals surface area (Å²) in [5, 5.41) is 5.66. The molecule has 0 unspecified atom stereocenters. The number of rotatable bonds is 4. The lowest BCUT2D eigenvalue weighted by Gasteiger charge is -2.12. The highest BCUT2D eigenvalue weighted by Crippen LogP contribution is 2.21. The molecular weight excluding hydrogens is 392 g/mol. The fraction of sp³-hybridized carbons (Fsp3) is 0.0476. The van der Waals surface area contributed by atoms with Gasteiger partial charge in [-0.05, 0) is 59.3 Å². The third-order valence-electron chi connectivity index (χ3n) is 3.85. The molecule has 0 aromatic heterocycles. The first-order valence-electron chi connectivity index (χ1n) is 8.07. The number of aryl methyl sites for hydroxylation is 1. The van der Waals surface area contributed by atoms with Crippen molar-refractivity contribution in [2.75, 3.05) is 10.6 Å². The number of carbonyl (C=O) groups is 2. The first-order valence-corrected chi connectivity index (χ1v) is 8.87. The van der Waals surface area contributed by atoms with Crippen molar-refractivity contribution < 1.29 is 9.59 Å². The molecule has 0 aliphatic carbocycles. The maximum atomic E-state index is 12.6. The molecule has 0 radical (unpaired) electrons. The van der Waals surface area contributed by atoms with Gasteiger partial charge in [-0.1, -0.05) is 42.0 Å². The SMILES string of the molecule is Cc1ccc(NC(=O)c2ccccc2NC(=O)c2ccccc2Br)cc1. The van der Waals surface area contributed by atoms with E-state index in [0.717, 1.165) is 5.56 Å². The molecule has 0 aliphatic heterocycles. The third-order valence-corrected chi connectivity index (χ3v) is 4.54. The van der Waals surface area contributed by atoms with Crippen molar-refractivity contribution in [3.63, 3.8) is 0 Å². The summed E-state index contributed by atoms with van der Waals surface area (Å²) >= 11 is 3.37. The van der Waals surface area contributed by atoms with Crippen LogP contribution in [0.5, 0.6) is 0 Å². The van der Waals surface area contributed by atoms with E-state index < -0.39 is 0 Å². The minimum Gasteiger partial charge on any atom is -0.322 e. The number of hydrogen-bond acceptors (Lipinski definition) is 2. The van der Waals surface area contributed by atoms with E-state index in [1.54, 1.807) is 42.5 Å². The highest BCUT2D eigenvalue weighted by Gasteiger charge is 2.15. The van der Waals surface area contributed by atoms with Gasteiger partial charge in [0.1, 0.15) is 0 Å². The minimum absolute atomic E-state index is 0.281. The molecule has 3 aromatic carbocycles. The molecule has 0 fully saturated rings. The molecular formula is C21H17BrN2O2. The van der Waals surface area contributed by atoms with Crippen LogP contribution in [0.4, 0.5) is 11.4 Å². The van der Waals surface area contributed by atoms with Crippen LogP contribution < -0.4 is 10.6 Å². The van der Waals surface area contributed by atoms with Gasteiger partial charge >= 0.3 is 0 Å². The van der Waals surface area contributed by atoms with Crippen LogP contribution in [0.1, 0.15) is 26.3 Å². The van der Waals surface area contributed by atoms with Crippen LogP contribution in [0.3, 0.4) is 0 Å². The molecule has 2 amide bonds. The quantitative estimate of drug-likeness (QED) is 0.618. The molecule has 26 heavy (non-hydrogen) atoms. The zero-order valence-electron chi connectivity index (χ0n) is 14.1. The second kappa shape index (κ2) is 7.97. The lowest BCUT2D eigenvalue weighted by molar-refractivity contribution is 0.102. The van der Waals surface area contributed by atoms with Crippen LogP contribution in [-0.2, 0) is 0 Å². The molecule has 0 saturated heterocycles. The number of carbonyl (C=O) groups excluding carboxylic acids is 2. The number of anilines is 2. The largest absolute Gasteiger partial charge is 0.322 e. The summed E-state index contributed by atoms with van der Waals surface area (Å²) in [7, 11) is 0. The second-order valence-electron chi connectivity index (χ2n) is 5.80. The highest BCUT2D eigenvalue weighted by molar-refractivity contribution is 9.10. The number of benzene rings is 3. The Labute approximate surface area is 160 Å². The van der Waals surface area contributed by atoms with Gasteiger partial charge in [0.25, 0.3) is 11.8 Å². The average Bonchev–Trinajstić information content (AvgIpc) is 2.64. The Bertz CT molecular complexity index is 952. The van der Waals surface area contributed by atoms with Gasteiger partial charge < -0.3 is 10.6 Å². The lowest BCUT2D eigenvalue weighted by Crippen LogP contribution is -2.18. The fourth-order valence-electron chi connectivity index (χ4n) is 2.46. The molecule has 3 aromatic rings. The van der Waals surface area contributed by atoms with E-state index in [0.29, 0.717) is 27.0 Å². The predicted octanol–water partition coefficient (Wildman–Crippen LogP) is 5.26. The summed E-state index contributed by atoms with van der Waals surface area (Å²) in [4.78, 5) is 25.2.